The Morgan fingerprint density at radius 3 is 2.85 bits per heavy atom. The third-order valence-electron chi connectivity index (χ3n) is 2.68. The van der Waals surface area contributed by atoms with Gasteiger partial charge in [-0.2, -0.15) is 11.8 Å². The van der Waals surface area contributed by atoms with Gasteiger partial charge in [0, 0.05) is 12.2 Å². The van der Waals surface area contributed by atoms with E-state index in [0.717, 1.165) is 25.1 Å². The highest BCUT2D eigenvalue weighted by molar-refractivity contribution is 7.98. The van der Waals surface area contributed by atoms with Crippen molar-refractivity contribution in [3.8, 4) is 0 Å². The summed E-state index contributed by atoms with van der Waals surface area (Å²) in [4.78, 5) is 11.9. The fraction of sp³-hybridized carbons (Fsp3) is 0.500. The predicted molar refractivity (Wildman–Crippen MR) is 87.9 cm³/mol. The number of thioether (sulfide) groups is 1. The van der Waals surface area contributed by atoms with Crippen molar-refractivity contribution >= 4 is 40.7 Å². The van der Waals surface area contributed by atoms with Crippen LogP contribution >= 0.6 is 23.4 Å². The molecule has 0 fully saturated rings. The van der Waals surface area contributed by atoms with Gasteiger partial charge in [0.05, 0.1) is 22.9 Å². The molecule has 0 bridgehead atoms. The standard InChI is InChI=1S/C14H21ClN2O2S/c1-3-19-14(18)11-8-10(16)9-12(15)13(11)17-6-4-5-7-20-2/h8-9,17H,3-7,16H2,1-2H3. The third-order valence-corrected chi connectivity index (χ3v) is 3.68. The van der Waals surface area contributed by atoms with E-state index in [4.69, 9.17) is 22.1 Å². The Balaban J connectivity index is 2.79. The zero-order valence-corrected chi connectivity index (χ0v) is 13.4. The number of nitrogens with one attached hydrogen (secondary N) is 1. The molecule has 0 aliphatic rings. The lowest BCUT2D eigenvalue weighted by Crippen LogP contribution is -2.12. The van der Waals surface area contributed by atoms with E-state index in [1.807, 2.05) is 11.8 Å². The second-order valence-electron chi connectivity index (χ2n) is 4.27. The molecule has 0 radical (unpaired) electrons. The third kappa shape index (κ3) is 5.13. The van der Waals surface area contributed by atoms with Crippen LogP contribution in [-0.4, -0.2) is 31.1 Å². The topological polar surface area (TPSA) is 64.3 Å². The van der Waals surface area contributed by atoms with Gasteiger partial charge in [-0.25, -0.2) is 4.79 Å². The summed E-state index contributed by atoms with van der Waals surface area (Å²) in [5.41, 5.74) is 7.17. The summed E-state index contributed by atoms with van der Waals surface area (Å²) in [7, 11) is 0. The molecule has 20 heavy (non-hydrogen) atoms. The van der Waals surface area contributed by atoms with Crippen LogP contribution in [-0.2, 0) is 4.74 Å². The number of hydrogen-bond acceptors (Lipinski definition) is 5. The fourth-order valence-corrected chi connectivity index (χ4v) is 2.55. The highest BCUT2D eigenvalue weighted by atomic mass is 35.5. The number of benzene rings is 1. The number of rotatable bonds is 8. The summed E-state index contributed by atoms with van der Waals surface area (Å²) >= 11 is 7.99. The van der Waals surface area contributed by atoms with E-state index < -0.39 is 5.97 Å². The first kappa shape index (κ1) is 17.0. The molecule has 0 aliphatic heterocycles. The van der Waals surface area contributed by atoms with Crippen LogP contribution in [0.25, 0.3) is 0 Å². The van der Waals surface area contributed by atoms with Crippen molar-refractivity contribution in [2.24, 2.45) is 0 Å². The average molecular weight is 317 g/mol. The minimum absolute atomic E-state index is 0.318. The number of nitrogen functional groups attached to an aromatic ring is 1. The Kier molecular flexibility index (Phi) is 7.62. The fourth-order valence-electron chi connectivity index (χ4n) is 1.76. The first-order valence-electron chi connectivity index (χ1n) is 6.59. The number of hydrogen-bond donors (Lipinski definition) is 2. The van der Waals surface area contributed by atoms with Crippen LogP contribution in [0.5, 0.6) is 0 Å². The van der Waals surface area contributed by atoms with Crippen molar-refractivity contribution in [1.82, 2.24) is 0 Å². The van der Waals surface area contributed by atoms with Crippen LogP contribution in [0.1, 0.15) is 30.1 Å². The first-order chi connectivity index (χ1) is 9.60. The highest BCUT2D eigenvalue weighted by Crippen LogP contribution is 2.30. The van der Waals surface area contributed by atoms with E-state index in [-0.39, 0.29) is 0 Å². The van der Waals surface area contributed by atoms with E-state index in [1.165, 1.54) is 0 Å². The maximum absolute atomic E-state index is 11.9. The van der Waals surface area contributed by atoms with Gasteiger partial charge in [-0.05, 0) is 43.9 Å². The van der Waals surface area contributed by atoms with Crippen molar-refractivity contribution in [3.63, 3.8) is 0 Å². The van der Waals surface area contributed by atoms with Gasteiger partial charge < -0.3 is 15.8 Å². The van der Waals surface area contributed by atoms with Gasteiger partial charge in [0.15, 0.2) is 0 Å². The van der Waals surface area contributed by atoms with Crippen LogP contribution in [0.4, 0.5) is 11.4 Å². The van der Waals surface area contributed by atoms with Crippen LogP contribution in [0.3, 0.4) is 0 Å². The minimum Gasteiger partial charge on any atom is -0.462 e. The average Bonchev–Trinajstić information content (AvgIpc) is 2.40. The molecule has 0 saturated heterocycles. The molecule has 0 aromatic heterocycles. The molecular formula is C14H21ClN2O2S. The molecule has 3 N–H and O–H groups in total. The van der Waals surface area contributed by atoms with Gasteiger partial charge in [0.1, 0.15) is 0 Å². The van der Waals surface area contributed by atoms with Gasteiger partial charge >= 0.3 is 5.97 Å². The van der Waals surface area contributed by atoms with Crippen LogP contribution in [0.2, 0.25) is 5.02 Å². The lowest BCUT2D eigenvalue weighted by atomic mass is 10.1. The molecule has 1 aromatic carbocycles. The number of halogens is 1. The monoisotopic (exact) mass is 316 g/mol. The molecule has 4 nitrogen and oxygen atoms in total. The van der Waals surface area contributed by atoms with E-state index in [0.29, 0.717) is 28.6 Å². The SMILES string of the molecule is CCOC(=O)c1cc(N)cc(Cl)c1NCCCCSC. The van der Waals surface area contributed by atoms with Gasteiger partial charge in [-0.3, -0.25) is 0 Å². The maximum Gasteiger partial charge on any atom is 0.340 e. The lowest BCUT2D eigenvalue weighted by molar-refractivity contribution is 0.0527. The molecule has 0 heterocycles. The molecule has 0 spiro atoms. The summed E-state index contributed by atoms with van der Waals surface area (Å²) in [5.74, 6) is 0.718. The number of carbonyl (C=O) groups excluding carboxylic acids is 1. The summed E-state index contributed by atoms with van der Waals surface area (Å²) < 4.78 is 5.03. The first-order valence-corrected chi connectivity index (χ1v) is 8.36. The number of carbonyl (C=O) groups is 1. The molecule has 0 amide bonds. The second-order valence-corrected chi connectivity index (χ2v) is 5.67. The van der Waals surface area contributed by atoms with E-state index in [2.05, 4.69) is 11.6 Å². The van der Waals surface area contributed by atoms with Crippen LogP contribution < -0.4 is 11.1 Å². The zero-order chi connectivity index (χ0) is 15.0. The second kappa shape index (κ2) is 8.97. The van der Waals surface area contributed by atoms with E-state index in [9.17, 15) is 4.79 Å². The molecule has 112 valence electrons. The van der Waals surface area contributed by atoms with E-state index in [1.54, 1.807) is 19.1 Å². The molecule has 0 unspecified atom stereocenters. The Morgan fingerprint density at radius 2 is 2.20 bits per heavy atom. The number of nitrogens with two attached hydrogens (primary N) is 1. The highest BCUT2D eigenvalue weighted by Gasteiger charge is 2.16. The molecule has 1 aromatic rings. The molecule has 0 atom stereocenters. The zero-order valence-electron chi connectivity index (χ0n) is 11.9. The quantitative estimate of drug-likeness (QED) is 0.435. The van der Waals surface area contributed by atoms with Gasteiger partial charge in [-0.1, -0.05) is 11.6 Å². The van der Waals surface area contributed by atoms with E-state index >= 15 is 0 Å². The Labute approximate surface area is 129 Å². The number of anilines is 2. The molecule has 1 rings (SSSR count). The van der Waals surface area contributed by atoms with Gasteiger partial charge in [-0.15, -0.1) is 0 Å². The minimum atomic E-state index is -0.409. The molecule has 6 heteroatoms. The summed E-state index contributed by atoms with van der Waals surface area (Å²) in [6, 6.07) is 3.22. The lowest BCUT2D eigenvalue weighted by Gasteiger charge is -2.14. The normalized spacial score (nSPS) is 10.3. The van der Waals surface area contributed by atoms with Crippen molar-refractivity contribution in [3.05, 3.63) is 22.7 Å². The summed E-state index contributed by atoms with van der Waals surface area (Å²) in [5, 5.41) is 3.65. The Hall–Kier alpha value is -1.07. The molecular weight excluding hydrogens is 296 g/mol. The Bertz CT molecular complexity index is 455. The van der Waals surface area contributed by atoms with Crippen molar-refractivity contribution < 1.29 is 9.53 Å². The smallest absolute Gasteiger partial charge is 0.340 e. The van der Waals surface area contributed by atoms with Gasteiger partial charge in [0.2, 0.25) is 0 Å². The number of unbranched alkanes of at least 4 members (excludes halogenated alkanes) is 1. The molecule has 0 saturated carbocycles. The van der Waals surface area contributed by atoms with Crippen LogP contribution in [0.15, 0.2) is 12.1 Å². The van der Waals surface area contributed by atoms with Crippen LogP contribution in [0, 0.1) is 0 Å². The molecule has 0 aliphatic carbocycles. The summed E-state index contributed by atoms with van der Waals surface area (Å²) in [6.45, 7) is 2.84. The van der Waals surface area contributed by atoms with Crippen molar-refractivity contribution in [2.75, 3.05) is 36.2 Å². The number of ether oxygens (including phenoxy) is 1. The Morgan fingerprint density at radius 1 is 1.45 bits per heavy atom. The maximum atomic E-state index is 11.9. The largest absolute Gasteiger partial charge is 0.462 e. The van der Waals surface area contributed by atoms with Crippen molar-refractivity contribution in [2.45, 2.75) is 19.8 Å². The van der Waals surface area contributed by atoms with Gasteiger partial charge in [0.25, 0.3) is 0 Å². The number of esters is 1. The predicted octanol–water partition coefficient (Wildman–Crippen LogP) is 3.65. The summed E-state index contributed by atoms with van der Waals surface area (Å²) in [6.07, 6.45) is 4.22. The van der Waals surface area contributed by atoms with Crippen molar-refractivity contribution in [1.29, 1.82) is 0 Å².